The predicted molar refractivity (Wildman–Crippen MR) is 119 cm³/mol. The second kappa shape index (κ2) is 12.5. The summed E-state index contributed by atoms with van der Waals surface area (Å²) in [5.74, 6) is -3.18. The van der Waals surface area contributed by atoms with E-state index < -0.39 is 48.4 Å². The highest BCUT2D eigenvalue weighted by Gasteiger charge is 2.26. The van der Waals surface area contributed by atoms with E-state index in [1.807, 2.05) is 30.3 Å². The molecule has 3 atom stereocenters. The number of carboxylic acid groups (broad SMARTS) is 1. The molecule has 0 bridgehead atoms. The number of aromatic amines is 1. The van der Waals surface area contributed by atoms with Gasteiger partial charge in [0.25, 0.3) is 0 Å². The second-order valence-electron chi connectivity index (χ2n) is 7.00. The number of benzene rings is 1. The molecular weight excluding hydrogens is 436 g/mol. The van der Waals surface area contributed by atoms with Gasteiger partial charge in [-0.25, -0.2) is 9.78 Å². The first-order valence-corrected chi connectivity index (χ1v) is 10.4. The number of thiol groups is 1. The molecule has 12 heteroatoms. The largest absolute Gasteiger partial charge is 0.480 e. The Morgan fingerprint density at radius 2 is 1.78 bits per heavy atom. The lowest BCUT2D eigenvalue weighted by Crippen LogP contribution is -2.55. The van der Waals surface area contributed by atoms with Crippen molar-refractivity contribution < 1.29 is 24.3 Å². The van der Waals surface area contributed by atoms with Crippen molar-refractivity contribution in [2.45, 2.75) is 31.0 Å². The monoisotopic (exact) mass is 462 g/mol. The van der Waals surface area contributed by atoms with Gasteiger partial charge >= 0.3 is 5.97 Å². The smallest absolute Gasteiger partial charge is 0.326 e. The fraction of sp³-hybridized carbons (Fsp3) is 0.350. The molecule has 11 nitrogen and oxygen atoms in total. The van der Waals surface area contributed by atoms with Crippen molar-refractivity contribution in [3.8, 4) is 0 Å². The first-order chi connectivity index (χ1) is 15.3. The van der Waals surface area contributed by atoms with E-state index in [1.165, 1.54) is 12.5 Å². The number of carbonyl (C=O) groups excluding carboxylic acids is 3. The number of H-pyrrole nitrogens is 1. The van der Waals surface area contributed by atoms with Crippen molar-refractivity contribution >= 4 is 36.3 Å². The van der Waals surface area contributed by atoms with Crippen molar-refractivity contribution in [2.75, 3.05) is 12.3 Å². The van der Waals surface area contributed by atoms with Crippen LogP contribution in [0.15, 0.2) is 42.9 Å². The molecule has 0 fully saturated rings. The number of rotatable bonds is 12. The van der Waals surface area contributed by atoms with Gasteiger partial charge in [-0.05, 0) is 12.0 Å². The Balaban J connectivity index is 1.82. The molecule has 0 aliphatic carbocycles. The van der Waals surface area contributed by atoms with Gasteiger partial charge in [-0.3, -0.25) is 14.4 Å². The lowest BCUT2D eigenvalue weighted by molar-refractivity contribution is -0.142. The van der Waals surface area contributed by atoms with Crippen molar-refractivity contribution in [1.29, 1.82) is 0 Å². The number of aromatic nitrogens is 2. The van der Waals surface area contributed by atoms with Crippen LogP contribution in [0.2, 0.25) is 0 Å². The fourth-order valence-corrected chi connectivity index (χ4v) is 3.04. The highest BCUT2D eigenvalue weighted by molar-refractivity contribution is 7.80. The summed E-state index contributed by atoms with van der Waals surface area (Å²) >= 11 is 4.04. The molecule has 0 saturated heterocycles. The first kappa shape index (κ1) is 24.9. The van der Waals surface area contributed by atoms with Gasteiger partial charge in [-0.2, -0.15) is 12.6 Å². The maximum Gasteiger partial charge on any atom is 0.326 e. The average Bonchev–Trinajstić information content (AvgIpc) is 3.29. The molecular formula is C20H26N6O5S. The summed E-state index contributed by atoms with van der Waals surface area (Å²) in [4.78, 5) is 54.7. The highest BCUT2D eigenvalue weighted by atomic mass is 32.1. The molecule has 3 amide bonds. The van der Waals surface area contributed by atoms with Crippen LogP contribution in [0, 0.1) is 0 Å². The Hall–Kier alpha value is -3.38. The Morgan fingerprint density at radius 1 is 1.06 bits per heavy atom. The van der Waals surface area contributed by atoms with Gasteiger partial charge in [-0.1, -0.05) is 30.3 Å². The first-order valence-electron chi connectivity index (χ1n) is 9.78. The van der Waals surface area contributed by atoms with Crippen LogP contribution in [-0.2, 0) is 32.0 Å². The van der Waals surface area contributed by atoms with Gasteiger partial charge in [0, 0.05) is 24.1 Å². The number of aliphatic carboxylic acids is 1. The fourth-order valence-electron chi connectivity index (χ4n) is 2.79. The summed E-state index contributed by atoms with van der Waals surface area (Å²) in [5, 5.41) is 16.5. The van der Waals surface area contributed by atoms with Crippen LogP contribution in [0.5, 0.6) is 0 Å². The van der Waals surface area contributed by atoms with Gasteiger partial charge in [0.1, 0.15) is 12.1 Å². The minimum atomic E-state index is -1.24. The predicted octanol–water partition coefficient (Wildman–Crippen LogP) is -1.38. The summed E-state index contributed by atoms with van der Waals surface area (Å²) in [7, 11) is 0. The molecule has 2 rings (SSSR count). The number of nitrogens with zero attached hydrogens (tertiary/aromatic N) is 1. The zero-order valence-electron chi connectivity index (χ0n) is 17.2. The minimum Gasteiger partial charge on any atom is -0.480 e. The van der Waals surface area contributed by atoms with Crippen LogP contribution in [0.1, 0.15) is 11.3 Å². The van der Waals surface area contributed by atoms with E-state index in [2.05, 4.69) is 38.5 Å². The van der Waals surface area contributed by atoms with Gasteiger partial charge in [-0.15, -0.1) is 0 Å². The number of hydrogen-bond donors (Lipinski definition) is 7. The molecule has 0 saturated carbocycles. The number of amides is 3. The molecule has 1 aromatic heterocycles. The summed E-state index contributed by atoms with van der Waals surface area (Å²) in [6.07, 6.45) is 3.14. The van der Waals surface area contributed by atoms with Crippen LogP contribution in [0.4, 0.5) is 0 Å². The standard InChI is InChI=1S/C20H26N6O5S/c21-14(6-12-4-2-1-3-5-12)18(28)23-9-17(27)25-16(10-32)19(29)26-15(20(30)31)7-13-8-22-11-24-13/h1-5,8,11,14-16,32H,6-7,9-10,21H2,(H,22,24)(H,23,28)(H,25,27)(H,26,29)(H,30,31). The van der Waals surface area contributed by atoms with E-state index in [0.29, 0.717) is 12.1 Å². The number of hydrogen-bond acceptors (Lipinski definition) is 7. The minimum absolute atomic E-state index is 0.0102. The molecule has 32 heavy (non-hydrogen) atoms. The molecule has 0 radical (unpaired) electrons. The lowest BCUT2D eigenvalue weighted by Gasteiger charge is -2.20. The quantitative estimate of drug-likeness (QED) is 0.190. The Labute approximate surface area is 190 Å². The molecule has 0 aliphatic heterocycles. The van der Waals surface area contributed by atoms with Crippen LogP contribution in [-0.4, -0.2) is 69.2 Å². The van der Waals surface area contributed by atoms with Crippen molar-refractivity contribution in [3.05, 3.63) is 54.1 Å². The van der Waals surface area contributed by atoms with Gasteiger partial charge in [0.2, 0.25) is 17.7 Å². The van der Waals surface area contributed by atoms with Crippen LogP contribution >= 0.6 is 12.6 Å². The maximum atomic E-state index is 12.4. The number of imidazole rings is 1. The van der Waals surface area contributed by atoms with Crippen LogP contribution < -0.4 is 21.7 Å². The van der Waals surface area contributed by atoms with Gasteiger partial charge < -0.3 is 31.8 Å². The lowest BCUT2D eigenvalue weighted by atomic mass is 10.1. The molecule has 1 aromatic carbocycles. The summed E-state index contributed by atoms with van der Waals surface area (Å²) in [6.45, 7) is -0.393. The summed E-state index contributed by atoms with van der Waals surface area (Å²) in [5.41, 5.74) is 7.28. The number of nitrogens with one attached hydrogen (secondary N) is 4. The second-order valence-corrected chi connectivity index (χ2v) is 7.36. The Kier molecular flexibility index (Phi) is 9.70. The number of carboxylic acids is 1. The number of nitrogens with two attached hydrogens (primary N) is 1. The molecule has 2 aromatic rings. The highest BCUT2D eigenvalue weighted by Crippen LogP contribution is 2.02. The van der Waals surface area contributed by atoms with Crippen LogP contribution in [0.25, 0.3) is 0 Å². The van der Waals surface area contributed by atoms with Crippen molar-refractivity contribution in [1.82, 2.24) is 25.9 Å². The molecule has 1 heterocycles. The zero-order valence-corrected chi connectivity index (χ0v) is 18.0. The van der Waals surface area contributed by atoms with Crippen LogP contribution in [0.3, 0.4) is 0 Å². The van der Waals surface area contributed by atoms with E-state index in [1.54, 1.807) is 0 Å². The SMILES string of the molecule is NC(Cc1ccccc1)C(=O)NCC(=O)NC(CS)C(=O)NC(Cc1cnc[nH]1)C(=O)O. The third kappa shape index (κ3) is 8.04. The van der Waals surface area contributed by atoms with E-state index in [4.69, 9.17) is 5.73 Å². The Bertz CT molecular complexity index is 908. The third-order valence-electron chi connectivity index (χ3n) is 4.49. The van der Waals surface area contributed by atoms with E-state index >= 15 is 0 Å². The average molecular weight is 463 g/mol. The third-order valence-corrected chi connectivity index (χ3v) is 4.85. The molecule has 172 valence electrons. The number of carbonyl (C=O) groups is 4. The summed E-state index contributed by atoms with van der Waals surface area (Å²) in [6, 6.07) is 6.04. The Morgan fingerprint density at radius 3 is 2.38 bits per heavy atom. The molecule has 0 spiro atoms. The van der Waals surface area contributed by atoms with E-state index in [-0.39, 0.29) is 12.2 Å². The van der Waals surface area contributed by atoms with Gasteiger partial charge in [0.05, 0.1) is 18.9 Å². The van der Waals surface area contributed by atoms with Gasteiger partial charge in [0.15, 0.2) is 0 Å². The van der Waals surface area contributed by atoms with Crippen molar-refractivity contribution in [2.24, 2.45) is 5.73 Å². The molecule has 3 unspecified atom stereocenters. The summed E-state index contributed by atoms with van der Waals surface area (Å²) < 4.78 is 0. The normalized spacial score (nSPS) is 13.4. The van der Waals surface area contributed by atoms with E-state index in [9.17, 15) is 24.3 Å². The molecule has 7 N–H and O–H groups in total. The molecule has 0 aliphatic rings. The topological polar surface area (TPSA) is 179 Å². The van der Waals surface area contributed by atoms with E-state index in [0.717, 1.165) is 5.56 Å². The van der Waals surface area contributed by atoms with Crippen molar-refractivity contribution in [3.63, 3.8) is 0 Å². The maximum absolute atomic E-state index is 12.4. The zero-order chi connectivity index (χ0) is 23.5.